The molecule has 1 aromatic heterocycles. The Morgan fingerprint density at radius 3 is 2.97 bits per heavy atom. The SMILES string of the molecule is C[C@]1(c2cc(NC(=O)c3ncc(C#N)cc3Cl)ccc2F)OC(N)=N[C@@H]2COC[C@H]21. The lowest BCUT2D eigenvalue weighted by atomic mass is 9.79. The van der Waals surface area contributed by atoms with E-state index in [1.165, 1.54) is 30.5 Å². The van der Waals surface area contributed by atoms with Crippen LogP contribution in [0.2, 0.25) is 5.02 Å². The molecule has 0 saturated carbocycles. The maximum atomic E-state index is 14.8. The summed E-state index contributed by atoms with van der Waals surface area (Å²) < 4.78 is 26.1. The third-order valence-corrected chi connectivity index (χ3v) is 5.60. The fourth-order valence-electron chi connectivity index (χ4n) is 3.77. The van der Waals surface area contributed by atoms with Gasteiger partial charge in [-0.2, -0.15) is 5.26 Å². The van der Waals surface area contributed by atoms with Crippen LogP contribution in [0.4, 0.5) is 10.1 Å². The smallest absolute Gasteiger partial charge is 0.283 e. The first-order valence-electron chi connectivity index (χ1n) is 9.09. The summed E-state index contributed by atoms with van der Waals surface area (Å²) in [4.78, 5) is 20.8. The molecule has 30 heavy (non-hydrogen) atoms. The van der Waals surface area contributed by atoms with E-state index in [0.29, 0.717) is 18.9 Å². The largest absolute Gasteiger partial charge is 0.454 e. The van der Waals surface area contributed by atoms with E-state index >= 15 is 0 Å². The van der Waals surface area contributed by atoms with E-state index in [1.807, 2.05) is 6.07 Å². The standard InChI is InChI=1S/C20H17ClFN5O3/c1-20(13-8-29-9-16(13)27-19(24)30-20)12-5-11(2-3-15(12)22)26-18(28)17-14(21)4-10(6-23)7-25-17/h2-5,7,13,16H,8-9H2,1H3,(H2,24,27)(H,26,28)/t13-,16-,20-/m1/s1. The number of nitriles is 1. The van der Waals surface area contributed by atoms with Gasteiger partial charge < -0.3 is 20.5 Å². The molecule has 1 fully saturated rings. The number of carbonyl (C=O) groups excluding carboxylic acids is 1. The van der Waals surface area contributed by atoms with E-state index in [1.54, 1.807) is 6.92 Å². The second-order valence-corrected chi connectivity index (χ2v) is 7.61. The van der Waals surface area contributed by atoms with Crippen molar-refractivity contribution in [3.63, 3.8) is 0 Å². The van der Waals surface area contributed by atoms with Gasteiger partial charge in [-0.15, -0.1) is 0 Å². The van der Waals surface area contributed by atoms with Gasteiger partial charge in [-0.3, -0.25) is 4.79 Å². The van der Waals surface area contributed by atoms with Gasteiger partial charge in [0.15, 0.2) is 0 Å². The Hall–Kier alpha value is -3.22. The number of nitrogens with two attached hydrogens (primary N) is 1. The Morgan fingerprint density at radius 1 is 1.43 bits per heavy atom. The number of amides is 1. The zero-order valence-electron chi connectivity index (χ0n) is 15.9. The van der Waals surface area contributed by atoms with Crippen molar-refractivity contribution in [2.24, 2.45) is 16.6 Å². The Bertz CT molecular complexity index is 1100. The monoisotopic (exact) mass is 429 g/mol. The molecule has 3 N–H and O–H groups in total. The van der Waals surface area contributed by atoms with E-state index in [4.69, 9.17) is 32.1 Å². The fourth-order valence-corrected chi connectivity index (χ4v) is 4.03. The highest BCUT2D eigenvalue weighted by atomic mass is 35.5. The van der Waals surface area contributed by atoms with E-state index < -0.39 is 17.3 Å². The Kier molecular flexibility index (Phi) is 5.05. The van der Waals surface area contributed by atoms with Gasteiger partial charge in [0.2, 0.25) is 0 Å². The molecule has 8 nitrogen and oxygen atoms in total. The average Bonchev–Trinajstić information content (AvgIpc) is 3.18. The van der Waals surface area contributed by atoms with Crippen molar-refractivity contribution in [3.8, 4) is 6.07 Å². The lowest BCUT2D eigenvalue weighted by Crippen LogP contribution is -2.48. The molecule has 2 aliphatic heterocycles. The van der Waals surface area contributed by atoms with Gasteiger partial charge in [0.1, 0.15) is 23.2 Å². The van der Waals surface area contributed by atoms with Gasteiger partial charge in [-0.1, -0.05) is 11.6 Å². The predicted molar refractivity (Wildman–Crippen MR) is 106 cm³/mol. The van der Waals surface area contributed by atoms with E-state index in [0.717, 1.165) is 0 Å². The van der Waals surface area contributed by atoms with Gasteiger partial charge in [0.05, 0.1) is 35.8 Å². The van der Waals surface area contributed by atoms with E-state index in [9.17, 15) is 9.18 Å². The molecule has 3 heterocycles. The van der Waals surface area contributed by atoms with Gasteiger partial charge in [-0.05, 0) is 31.2 Å². The van der Waals surface area contributed by atoms with E-state index in [-0.39, 0.29) is 39.8 Å². The molecule has 4 rings (SSSR count). The molecule has 10 heteroatoms. The van der Waals surface area contributed by atoms with Crippen LogP contribution in [-0.2, 0) is 15.1 Å². The Labute approximate surface area is 176 Å². The average molecular weight is 430 g/mol. The van der Waals surface area contributed by atoms with Crippen LogP contribution in [-0.4, -0.2) is 36.2 Å². The summed E-state index contributed by atoms with van der Waals surface area (Å²) in [5.74, 6) is -1.34. The number of aromatic nitrogens is 1. The predicted octanol–water partition coefficient (Wildman–Crippen LogP) is 2.57. The molecular weight excluding hydrogens is 413 g/mol. The van der Waals surface area contributed by atoms with Crippen molar-refractivity contribution < 1.29 is 18.7 Å². The number of rotatable bonds is 3. The lowest BCUT2D eigenvalue weighted by molar-refractivity contribution is -0.0164. The maximum Gasteiger partial charge on any atom is 0.283 e. The second-order valence-electron chi connectivity index (χ2n) is 7.20. The maximum absolute atomic E-state index is 14.8. The van der Waals surface area contributed by atoms with Crippen LogP contribution in [0.1, 0.15) is 28.5 Å². The normalized spacial score (nSPS) is 24.9. The first kappa shape index (κ1) is 20.1. The summed E-state index contributed by atoms with van der Waals surface area (Å²) >= 11 is 6.05. The van der Waals surface area contributed by atoms with Crippen molar-refractivity contribution in [3.05, 3.63) is 58.1 Å². The van der Waals surface area contributed by atoms with Crippen molar-refractivity contribution in [2.45, 2.75) is 18.6 Å². The number of benzene rings is 1. The van der Waals surface area contributed by atoms with Gasteiger partial charge in [-0.25, -0.2) is 14.4 Å². The quantitative estimate of drug-likeness (QED) is 0.773. The van der Waals surface area contributed by atoms with Crippen LogP contribution in [0.3, 0.4) is 0 Å². The third kappa shape index (κ3) is 3.44. The Balaban J connectivity index is 1.65. The summed E-state index contributed by atoms with van der Waals surface area (Å²) in [6.07, 6.45) is 1.25. The number of nitrogens with one attached hydrogen (secondary N) is 1. The molecule has 0 spiro atoms. The Morgan fingerprint density at radius 2 is 2.23 bits per heavy atom. The fraction of sp³-hybridized carbons (Fsp3) is 0.300. The number of hydrogen-bond donors (Lipinski definition) is 2. The summed E-state index contributed by atoms with van der Waals surface area (Å²) in [6.45, 7) is 2.45. The minimum Gasteiger partial charge on any atom is -0.454 e. The van der Waals surface area contributed by atoms with Crippen LogP contribution in [0, 0.1) is 23.1 Å². The van der Waals surface area contributed by atoms with Crippen LogP contribution in [0.15, 0.2) is 35.5 Å². The molecule has 1 saturated heterocycles. The highest BCUT2D eigenvalue weighted by Gasteiger charge is 2.50. The van der Waals surface area contributed by atoms with Gasteiger partial charge >= 0.3 is 0 Å². The molecule has 0 aliphatic carbocycles. The summed E-state index contributed by atoms with van der Waals surface area (Å²) in [7, 11) is 0. The highest BCUT2D eigenvalue weighted by molar-refractivity contribution is 6.34. The lowest BCUT2D eigenvalue weighted by Gasteiger charge is -2.40. The minimum absolute atomic E-state index is 0.0337. The van der Waals surface area contributed by atoms with E-state index in [2.05, 4.69) is 15.3 Å². The van der Waals surface area contributed by atoms with Gasteiger partial charge in [0.25, 0.3) is 11.9 Å². The second kappa shape index (κ2) is 7.55. The topological polar surface area (TPSA) is 123 Å². The first-order chi connectivity index (χ1) is 14.3. The zero-order chi connectivity index (χ0) is 21.5. The summed E-state index contributed by atoms with van der Waals surface area (Å²) in [5.41, 5.74) is 5.42. The molecule has 0 radical (unpaired) electrons. The summed E-state index contributed by atoms with van der Waals surface area (Å²) in [5, 5.41) is 11.6. The van der Waals surface area contributed by atoms with Gasteiger partial charge in [0, 0.05) is 17.4 Å². The number of fused-ring (bicyclic) bond motifs is 1. The molecule has 0 bridgehead atoms. The van der Waals surface area contributed by atoms with Crippen LogP contribution >= 0.6 is 11.6 Å². The number of aliphatic imine (C=N–C) groups is 1. The number of pyridine rings is 1. The van der Waals surface area contributed by atoms with Crippen LogP contribution in [0.5, 0.6) is 0 Å². The van der Waals surface area contributed by atoms with Crippen LogP contribution in [0.25, 0.3) is 0 Å². The molecule has 2 aliphatic rings. The number of amidine groups is 1. The molecular formula is C20H17ClFN5O3. The highest BCUT2D eigenvalue weighted by Crippen LogP contribution is 2.43. The van der Waals surface area contributed by atoms with Crippen molar-refractivity contribution >= 4 is 29.2 Å². The first-order valence-corrected chi connectivity index (χ1v) is 9.46. The number of hydrogen-bond acceptors (Lipinski definition) is 7. The molecule has 0 unspecified atom stereocenters. The number of halogens is 2. The molecule has 3 atom stereocenters. The molecule has 1 amide bonds. The van der Waals surface area contributed by atoms with Crippen molar-refractivity contribution in [2.75, 3.05) is 18.5 Å². The number of ether oxygens (including phenoxy) is 2. The number of nitrogens with zero attached hydrogens (tertiary/aromatic N) is 3. The summed E-state index contributed by atoms with van der Waals surface area (Å²) in [6, 6.07) is 7.11. The molecule has 2 aromatic rings. The minimum atomic E-state index is -1.12. The third-order valence-electron chi connectivity index (χ3n) is 5.31. The number of carbonyl (C=O) groups is 1. The molecule has 154 valence electrons. The zero-order valence-corrected chi connectivity index (χ0v) is 16.6. The molecule has 1 aromatic carbocycles. The van der Waals surface area contributed by atoms with Crippen LogP contribution < -0.4 is 11.1 Å². The van der Waals surface area contributed by atoms with Crippen molar-refractivity contribution in [1.82, 2.24) is 4.98 Å². The van der Waals surface area contributed by atoms with Crippen molar-refractivity contribution in [1.29, 1.82) is 5.26 Å². The number of anilines is 1.